The molecule has 1 aliphatic carbocycles. The molecule has 3 aromatic rings. The molecule has 0 atom stereocenters. The van der Waals surface area contributed by atoms with Crippen LogP contribution in [0.3, 0.4) is 0 Å². The summed E-state index contributed by atoms with van der Waals surface area (Å²) in [7, 11) is -3.40. The Hall–Kier alpha value is -3.59. The van der Waals surface area contributed by atoms with E-state index in [4.69, 9.17) is 9.15 Å². The number of aromatic nitrogens is 1. The Balaban J connectivity index is 1.72. The number of aryl methyl sites for hydroxylation is 1. The second kappa shape index (κ2) is 6.49. The molecular weight excluding hydrogens is 398 g/mol. The number of rotatable bonds is 3. The van der Waals surface area contributed by atoms with Crippen LogP contribution in [-0.2, 0) is 9.84 Å². The molecule has 0 aliphatic heterocycles. The average molecular weight is 411 g/mol. The Morgan fingerprint density at radius 1 is 1.07 bits per heavy atom. The second-order valence-corrected chi connectivity index (χ2v) is 8.44. The van der Waals surface area contributed by atoms with Crippen LogP contribution in [-0.4, -0.2) is 37.2 Å². The summed E-state index contributed by atoms with van der Waals surface area (Å²) in [5, 5.41) is 0. The maximum absolute atomic E-state index is 12.9. The fraction of sp³-hybridized carbons (Fsp3) is 0.100. The number of sulfone groups is 1. The number of esters is 1. The summed E-state index contributed by atoms with van der Waals surface area (Å²) < 4.78 is 33.7. The van der Waals surface area contributed by atoms with Crippen LogP contribution >= 0.6 is 0 Å². The number of hydrogen-bond acceptors (Lipinski definition) is 8. The third-order valence-electron chi connectivity index (χ3n) is 4.45. The Bertz CT molecular complexity index is 1300. The van der Waals surface area contributed by atoms with Gasteiger partial charge >= 0.3 is 5.97 Å². The van der Waals surface area contributed by atoms with Gasteiger partial charge in [0.2, 0.25) is 11.6 Å². The van der Waals surface area contributed by atoms with Gasteiger partial charge in [-0.1, -0.05) is 0 Å². The molecule has 0 saturated heterocycles. The largest absolute Gasteiger partial charge is 0.456 e. The summed E-state index contributed by atoms with van der Waals surface area (Å²) in [5.41, 5.74) is -0.300. The maximum atomic E-state index is 12.9. The SMILES string of the molecule is Cc1oc2c(c1C(=O)Oc1ccc(S(C)(=O)=O)cc1)C(=O)c1ncccc1C2=O. The fourth-order valence-corrected chi connectivity index (χ4v) is 3.72. The van der Waals surface area contributed by atoms with Gasteiger partial charge < -0.3 is 9.15 Å². The topological polar surface area (TPSA) is 121 Å². The van der Waals surface area contributed by atoms with Gasteiger partial charge in [-0.2, -0.15) is 0 Å². The monoisotopic (exact) mass is 411 g/mol. The van der Waals surface area contributed by atoms with Crippen molar-refractivity contribution in [3.63, 3.8) is 0 Å². The van der Waals surface area contributed by atoms with Crippen molar-refractivity contribution < 1.29 is 32.0 Å². The number of carbonyl (C=O) groups excluding carboxylic acids is 3. The quantitative estimate of drug-likeness (QED) is 0.372. The zero-order valence-corrected chi connectivity index (χ0v) is 16.1. The first-order valence-electron chi connectivity index (χ1n) is 8.38. The molecule has 4 rings (SSSR count). The van der Waals surface area contributed by atoms with E-state index < -0.39 is 27.4 Å². The summed E-state index contributed by atoms with van der Waals surface area (Å²) in [6, 6.07) is 8.22. The third kappa shape index (κ3) is 3.05. The molecule has 0 saturated carbocycles. The first-order valence-corrected chi connectivity index (χ1v) is 10.3. The van der Waals surface area contributed by atoms with E-state index in [1.165, 1.54) is 49.5 Å². The molecule has 2 aromatic heterocycles. The van der Waals surface area contributed by atoms with Gasteiger partial charge in [0.15, 0.2) is 15.6 Å². The lowest BCUT2D eigenvalue weighted by Crippen LogP contribution is -2.23. The predicted octanol–water partition coefficient (Wildman–Crippen LogP) is 2.38. The Kier molecular flexibility index (Phi) is 4.20. The van der Waals surface area contributed by atoms with Crippen LogP contribution in [0.15, 0.2) is 51.9 Å². The van der Waals surface area contributed by atoms with Gasteiger partial charge in [-0.25, -0.2) is 13.2 Å². The zero-order chi connectivity index (χ0) is 20.9. The van der Waals surface area contributed by atoms with Gasteiger partial charge in [0.05, 0.1) is 16.0 Å². The molecule has 0 unspecified atom stereocenters. The highest BCUT2D eigenvalue weighted by Gasteiger charge is 2.39. The molecule has 0 radical (unpaired) electrons. The molecule has 8 nitrogen and oxygen atoms in total. The predicted molar refractivity (Wildman–Crippen MR) is 99.1 cm³/mol. The van der Waals surface area contributed by atoms with Crippen molar-refractivity contribution >= 4 is 27.4 Å². The standard InChI is InChI=1S/C20H13NO7S/c1-10-14(20(24)28-11-5-7-12(8-6-11)29(2,25)26)15-18(23)16-13(4-3-9-21-16)17(22)19(15)27-10/h3-9H,1-2H3. The van der Waals surface area contributed by atoms with Gasteiger partial charge in [0.25, 0.3) is 0 Å². The number of pyridine rings is 1. The summed E-state index contributed by atoms with van der Waals surface area (Å²) in [4.78, 5) is 42.2. The Morgan fingerprint density at radius 2 is 1.76 bits per heavy atom. The summed E-state index contributed by atoms with van der Waals surface area (Å²) in [6.07, 6.45) is 2.44. The molecule has 29 heavy (non-hydrogen) atoms. The molecule has 0 amide bonds. The minimum atomic E-state index is -3.40. The highest BCUT2D eigenvalue weighted by Crippen LogP contribution is 2.33. The minimum Gasteiger partial charge on any atom is -0.456 e. The lowest BCUT2D eigenvalue weighted by atomic mass is 9.90. The smallest absolute Gasteiger partial charge is 0.347 e. The molecule has 146 valence electrons. The normalized spacial score (nSPS) is 13.0. The van der Waals surface area contributed by atoms with E-state index in [9.17, 15) is 22.8 Å². The summed E-state index contributed by atoms with van der Waals surface area (Å²) in [6.45, 7) is 1.44. The van der Waals surface area contributed by atoms with Gasteiger partial charge in [-0.05, 0) is 43.3 Å². The van der Waals surface area contributed by atoms with Gasteiger partial charge in [0.1, 0.15) is 22.8 Å². The third-order valence-corrected chi connectivity index (χ3v) is 5.58. The number of benzene rings is 1. The van der Waals surface area contributed by atoms with Crippen LogP contribution in [0, 0.1) is 6.92 Å². The van der Waals surface area contributed by atoms with Crippen molar-refractivity contribution in [2.24, 2.45) is 0 Å². The molecular formula is C20H13NO7S. The van der Waals surface area contributed by atoms with Crippen molar-refractivity contribution in [2.45, 2.75) is 11.8 Å². The van der Waals surface area contributed by atoms with E-state index in [1.54, 1.807) is 0 Å². The van der Waals surface area contributed by atoms with E-state index in [-0.39, 0.29) is 44.5 Å². The first kappa shape index (κ1) is 18.8. The average Bonchev–Trinajstić information content (AvgIpc) is 3.03. The van der Waals surface area contributed by atoms with E-state index in [2.05, 4.69) is 4.98 Å². The van der Waals surface area contributed by atoms with Gasteiger partial charge in [-0.3, -0.25) is 14.6 Å². The Labute approximate surface area is 165 Å². The number of furan rings is 1. The van der Waals surface area contributed by atoms with E-state index in [1.807, 2.05) is 0 Å². The van der Waals surface area contributed by atoms with Crippen molar-refractivity contribution in [3.8, 4) is 5.75 Å². The summed E-state index contributed by atoms with van der Waals surface area (Å²) in [5.74, 6) is -2.14. The van der Waals surface area contributed by atoms with Crippen LogP contribution in [0.1, 0.15) is 48.3 Å². The molecule has 9 heteroatoms. The van der Waals surface area contributed by atoms with Crippen LogP contribution in [0.25, 0.3) is 0 Å². The fourth-order valence-electron chi connectivity index (χ4n) is 3.09. The highest BCUT2D eigenvalue weighted by molar-refractivity contribution is 7.90. The number of ether oxygens (including phenoxy) is 1. The van der Waals surface area contributed by atoms with Crippen LogP contribution < -0.4 is 4.74 Å². The number of ketones is 2. The van der Waals surface area contributed by atoms with Crippen molar-refractivity contribution in [2.75, 3.05) is 6.26 Å². The molecule has 2 heterocycles. The van der Waals surface area contributed by atoms with Crippen molar-refractivity contribution in [1.29, 1.82) is 0 Å². The van der Waals surface area contributed by atoms with Gasteiger partial charge in [0, 0.05) is 12.5 Å². The van der Waals surface area contributed by atoms with Crippen LogP contribution in [0.5, 0.6) is 5.75 Å². The Morgan fingerprint density at radius 3 is 2.41 bits per heavy atom. The van der Waals surface area contributed by atoms with Crippen molar-refractivity contribution in [1.82, 2.24) is 4.98 Å². The lowest BCUT2D eigenvalue weighted by molar-refractivity contribution is 0.0729. The molecule has 0 fully saturated rings. The number of carbonyl (C=O) groups is 3. The number of nitrogens with zero attached hydrogens (tertiary/aromatic N) is 1. The van der Waals surface area contributed by atoms with Crippen LogP contribution in [0.4, 0.5) is 0 Å². The van der Waals surface area contributed by atoms with E-state index in [0.717, 1.165) is 6.26 Å². The first-order chi connectivity index (χ1) is 13.7. The second-order valence-electron chi connectivity index (χ2n) is 6.43. The molecule has 0 bridgehead atoms. The van der Waals surface area contributed by atoms with E-state index in [0.29, 0.717) is 0 Å². The zero-order valence-electron chi connectivity index (χ0n) is 15.3. The van der Waals surface area contributed by atoms with Crippen LogP contribution in [0.2, 0.25) is 0 Å². The molecule has 0 N–H and O–H groups in total. The summed E-state index contributed by atoms with van der Waals surface area (Å²) >= 11 is 0. The van der Waals surface area contributed by atoms with Gasteiger partial charge in [-0.15, -0.1) is 0 Å². The molecule has 1 aromatic carbocycles. The lowest BCUT2D eigenvalue weighted by Gasteiger charge is -2.12. The highest BCUT2D eigenvalue weighted by atomic mass is 32.2. The molecule has 0 spiro atoms. The van der Waals surface area contributed by atoms with Crippen molar-refractivity contribution in [3.05, 3.63) is 76.5 Å². The molecule has 1 aliphatic rings. The minimum absolute atomic E-state index is 0.0577. The maximum Gasteiger partial charge on any atom is 0.347 e. The van der Waals surface area contributed by atoms with E-state index >= 15 is 0 Å². The number of hydrogen-bond donors (Lipinski definition) is 0. The number of fused-ring (bicyclic) bond motifs is 2.